The van der Waals surface area contributed by atoms with Crippen LogP contribution in [0.5, 0.6) is 0 Å². The van der Waals surface area contributed by atoms with E-state index in [1.54, 1.807) is 6.20 Å². The molecule has 0 heterocycles. The van der Waals surface area contributed by atoms with E-state index < -0.39 is 0 Å². The molecule has 1 nitrogen and oxygen atoms in total. The summed E-state index contributed by atoms with van der Waals surface area (Å²) in [5.74, 6) is 0.554. The molecule has 0 N–H and O–H groups in total. The van der Waals surface area contributed by atoms with Crippen LogP contribution in [0.25, 0.3) is 0 Å². The van der Waals surface area contributed by atoms with Crippen molar-refractivity contribution in [3.8, 4) is 0 Å². The van der Waals surface area contributed by atoms with Gasteiger partial charge in [-0.3, -0.25) is 4.99 Å². The van der Waals surface area contributed by atoms with E-state index in [1.165, 1.54) is 0 Å². The van der Waals surface area contributed by atoms with Crippen LogP contribution in [-0.4, -0.2) is 6.72 Å². The van der Waals surface area contributed by atoms with E-state index in [4.69, 9.17) is 0 Å². The summed E-state index contributed by atoms with van der Waals surface area (Å²) in [5.41, 5.74) is 1.12. The second kappa shape index (κ2) is 4.98. The predicted molar refractivity (Wildman–Crippen MR) is 47.3 cm³/mol. The van der Waals surface area contributed by atoms with Gasteiger partial charge < -0.3 is 0 Å². The first-order valence-corrected chi connectivity index (χ1v) is 3.53. The van der Waals surface area contributed by atoms with Crippen molar-refractivity contribution in [2.75, 3.05) is 0 Å². The van der Waals surface area contributed by atoms with Gasteiger partial charge in [0, 0.05) is 6.20 Å². The maximum Gasteiger partial charge on any atom is 0.0263 e. The van der Waals surface area contributed by atoms with Crippen molar-refractivity contribution in [1.29, 1.82) is 0 Å². The van der Waals surface area contributed by atoms with Crippen molar-refractivity contribution in [2.24, 2.45) is 10.9 Å². The molecule has 1 unspecified atom stereocenters. The van der Waals surface area contributed by atoms with Gasteiger partial charge in [0.1, 0.15) is 0 Å². The molecule has 0 aromatic heterocycles. The van der Waals surface area contributed by atoms with Crippen LogP contribution in [0, 0.1) is 5.92 Å². The number of hydrogen-bond donors (Lipinski definition) is 0. The normalized spacial score (nSPS) is 13.4. The van der Waals surface area contributed by atoms with Crippen molar-refractivity contribution in [2.45, 2.75) is 20.3 Å². The average Bonchev–Trinajstić information content (AvgIpc) is 1.98. The zero-order valence-electron chi connectivity index (χ0n) is 6.80. The van der Waals surface area contributed by atoms with E-state index in [-0.39, 0.29) is 0 Å². The third-order valence-electron chi connectivity index (χ3n) is 1.64. The topological polar surface area (TPSA) is 12.4 Å². The number of hydrogen-bond acceptors (Lipinski definition) is 1. The molecular weight excluding hydrogens is 122 g/mol. The molecule has 10 heavy (non-hydrogen) atoms. The van der Waals surface area contributed by atoms with E-state index in [9.17, 15) is 0 Å². The lowest BCUT2D eigenvalue weighted by molar-refractivity contribution is 0.672. The van der Waals surface area contributed by atoms with Gasteiger partial charge in [0.15, 0.2) is 0 Å². The van der Waals surface area contributed by atoms with Crippen molar-refractivity contribution in [1.82, 2.24) is 0 Å². The van der Waals surface area contributed by atoms with Gasteiger partial charge in [-0.2, -0.15) is 0 Å². The molecule has 0 aromatic rings. The summed E-state index contributed by atoms with van der Waals surface area (Å²) in [6.07, 6.45) is 4.70. The summed E-state index contributed by atoms with van der Waals surface area (Å²) in [5, 5.41) is 0. The molecule has 0 radical (unpaired) electrons. The fourth-order valence-corrected chi connectivity index (χ4v) is 0.575. The summed E-state index contributed by atoms with van der Waals surface area (Å²) < 4.78 is 0. The number of nitrogens with zero attached hydrogens (tertiary/aromatic N) is 1. The highest BCUT2D eigenvalue weighted by molar-refractivity contribution is 5.27. The molecule has 0 spiro atoms. The highest BCUT2D eigenvalue weighted by atomic mass is 14.6. The van der Waals surface area contributed by atoms with Crippen LogP contribution in [0.2, 0.25) is 0 Å². The maximum atomic E-state index is 3.89. The molecule has 0 aliphatic heterocycles. The Bertz CT molecular complexity index is 145. The third-order valence-corrected chi connectivity index (χ3v) is 1.64. The highest BCUT2D eigenvalue weighted by Crippen LogP contribution is 2.12. The van der Waals surface area contributed by atoms with Gasteiger partial charge in [-0.25, -0.2) is 0 Å². The highest BCUT2D eigenvalue weighted by Gasteiger charge is 1.98. The van der Waals surface area contributed by atoms with Crippen LogP contribution in [0.4, 0.5) is 0 Å². The van der Waals surface area contributed by atoms with E-state index in [1.807, 2.05) is 6.08 Å². The number of allylic oxidation sites excluding steroid dienone is 2. The molecule has 0 aromatic carbocycles. The van der Waals surface area contributed by atoms with E-state index >= 15 is 0 Å². The quantitative estimate of drug-likeness (QED) is 0.417. The Morgan fingerprint density at radius 1 is 1.70 bits per heavy atom. The molecule has 0 aliphatic rings. The van der Waals surface area contributed by atoms with Crippen LogP contribution < -0.4 is 0 Å². The minimum Gasteiger partial charge on any atom is -0.273 e. The van der Waals surface area contributed by atoms with Crippen LogP contribution >= 0.6 is 0 Å². The number of aliphatic imine (C=N–C) groups is 1. The summed E-state index contributed by atoms with van der Waals surface area (Å²) >= 11 is 0. The Kier molecular flexibility index (Phi) is 4.55. The molecule has 1 heteroatoms. The fourth-order valence-electron chi connectivity index (χ4n) is 0.575. The van der Waals surface area contributed by atoms with E-state index in [0.717, 1.165) is 12.0 Å². The van der Waals surface area contributed by atoms with Crippen molar-refractivity contribution in [3.63, 3.8) is 0 Å². The fraction of sp³-hybridized carbons (Fsp3) is 0.444. The van der Waals surface area contributed by atoms with E-state index in [0.29, 0.717) is 5.92 Å². The first-order chi connectivity index (χ1) is 4.72. The lowest BCUT2D eigenvalue weighted by Gasteiger charge is -2.05. The second-order valence-corrected chi connectivity index (χ2v) is 2.38. The van der Waals surface area contributed by atoms with Crippen molar-refractivity contribution < 1.29 is 0 Å². The molecule has 56 valence electrons. The Hall–Kier alpha value is -0.850. The van der Waals surface area contributed by atoms with Crippen LogP contribution in [0.3, 0.4) is 0 Å². The first-order valence-electron chi connectivity index (χ1n) is 3.53. The summed E-state index contributed by atoms with van der Waals surface area (Å²) in [7, 11) is 0. The van der Waals surface area contributed by atoms with Gasteiger partial charge in [-0.1, -0.05) is 26.0 Å². The standard InChI is InChI=1S/C9H15N/c1-5-8(2)9(3)6-7-10-4/h6-8H,3-5H2,1-2H3/b7-6-. The van der Waals surface area contributed by atoms with Crippen LogP contribution in [0.1, 0.15) is 20.3 Å². The van der Waals surface area contributed by atoms with Gasteiger partial charge >= 0.3 is 0 Å². The molecule has 0 amide bonds. The lowest BCUT2D eigenvalue weighted by Crippen LogP contribution is -1.92. The maximum absolute atomic E-state index is 3.89. The predicted octanol–water partition coefficient (Wildman–Crippen LogP) is 2.80. The zero-order valence-corrected chi connectivity index (χ0v) is 6.80. The van der Waals surface area contributed by atoms with E-state index in [2.05, 4.69) is 32.1 Å². The van der Waals surface area contributed by atoms with Crippen LogP contribution in [-0.2, 0) is 0 Å². The smallest absolute Gasteiger partial charge is 0.0263 e. The third kappa shape index (κ3) is 3.23. The molecule has 0 bridgehead atoms. The Labute approximate surface area is 63.2 Å². The Morgan fingerprint density at radius 3 is 2.70 bits per heavy atom. The summed E-state index contributed by atoms with van der Waals surface area (Å²) in [6.45, 7) is 11.5. The molecule has 1 atom stereocenters. The Balaban J connectivity index is 3.83. The molecule has 0 aliphatic carbocycles. The van der Waals surface area contributed by atoms with Crippen LogP contribution in [0.15, 0.2) is 29.4 Å². The van der Waals surface area contributed by atoms with Crippen molar-refractivity contribution >= 4 is 6.72 Å². The van der Waals surface area contributed by atoms with Gasteiger partial charge in [-0.15, -0.1) is 0 Å². The average molecular weight is 137 g/mol. The molecule has 0 fully saturated rings. The Morgan fingerprint density at radius 2 is 2.30 bits per heavy atom. The van der Waals surface area contributed by atoms with Gasteiger partial charge in [0.25, 0.3) is 0 Å². The van der Waals surface area contributed by atoms with Crippen molar-refractivity contribution in [3.05, 3.63) is 24.4 Å². The SMILES string of the molecule is C=N/C=C\C(=C)C(C)CC. The summed E-state index contributed by atoms with van der Waals surface area (Å²) in [6, 6.07) is 0. The monoisotopic (exact) mass is 137 g/mol. The molecule has 0 saturated carbocycles. The van der Waals surface area contributed by atoms with Gasteiger partial charge in [0.2, 0.25) is 0 Å². The lowest BCUT2D eigenvalue weighted by atomic mass is 10.0. The molecule has 0 saturated heterocycles. The van der Waals surface area contributed by atoms with Gasteiger partial charge in [-0.05, 0) is 25.1 Å². The van der Waals surface area contributed by atoms with Gasteiger partial charge in [0.05, 0.1) is 0 Å². The minimum absolute atomic E-state index is 0.554. The minimum atomic E-state index is 0.554. The molecular formula is C9H15N. The first kappa shape index (κ1) is 9.15. The number of rotatable bonds is 4. The largest absolute Gasteiger partial charge is 0.273 e. The summed E-state index contributed by atoms with van der Waals surface area (Å²) in [4.78, 5) is 3.60. The zero-order chi connectivity index (χ0) is 7.98. The molecule has 0 rings (SSSR count). The second-order valence-electron chi connectivity index (χ2n) is 2.38.